The van der Waals surface area contributed by atoms with Gasteiger partial charge in [0, 0.05) is 20.9 Å². The van der Waals surface area contributed by atoms with Gasteiger partial charge in [-0.3, -0.25) is 0 Å². The van der Waals surface area contributed by atoms with Crippen LogP contribution in [-0.2, 0) is 4.74 Å². The van der Waals surface area contributed by atoms with E-state index in [1.807, 2.05) is 48.2 Å². The van der Waals surface area contributed by atoms with Gasteiger partial charge in [0.25, 0.3) is 0 Å². The molecule has 0 bridgehead atoms. The first-order chi connectivity index (χ1) is 19.8. The molecule has 1 nitrogen and oxygen atoms in total. The number of benzene rings is 4. The van der Waals surface area contributed by atoms with E-state index in [1.54, 1.807) is 0 Å². The monoisotopic (exact) mass is 532 g/mol. The Morgan fingerprint density at radius 3 is 1.15 bits per heavy atom. The Bertz CT molecular complexity index is 1440. The lowest BCUT2D eigenvalue weighted by Crippen LogP contribution is -1.99. The summed E-state index contributed by atoms with van der Waals surface area (Å²) in [6.45, 7) is 0. The molecule has 2 aliphatic heterocycles. The number of allylic oxidation sites excluding steroid dienone is 10. The minimum Gasteiger partial charge on any atom is -0.456 e. The van der Waals surface area contributed by atoms with Crippen molar-refractivity contribution in [2.24, 2.45) is 0 Å². The molecule has 2 aliphatic rings. The highest BCUT2D eigenvalue weighted by molar-refractivity contribution is 8.16. The van der Waals surface area contributed by atoms with Crippen molar-refractivity contribution in [2.75, 3.05) is 0 Å². The van der Waals surface area contributed by atoms with Crippen LogP contribution >= 0.6 is 11.8 Å². The van der Waals surface area contributed by atoms with E-state index in [2.05, 4.69) is 134 Å². The van der Waals surface area contributed by atoms with Crippen molar-refractivity contribution in [1.29, 1.82) is 0 Å². The number of ether oxygens (including phenoxy) is 1. The number of hydrogen-bond acceptors (Lipinski definition) is 2. The summed E-state index contributed by atoms with van der Waals surface area (Å²) in [5, 5.41) is 0. The summed E-state index contributed by atoms with van der Waals surface area (Å²) in [6, 6.07) is 41.6. The Hall–Kier alpha value is -4.79. The van der Waals surface area contributed by atoms with Gasteiger partial charge in [-0.15, -0.1) is 0 Å². The summed E-state index contributed by atoms with van der Waals surface area (Å²) in [7, 11) is 0. The van der Waals surface area contributed by atoms with Crippen LogP contribution in [0.15, 0.2) is 181 Å². The second-order valence-corrected chi connectivity index (χ2v) is 10.5. The van der Waals surface area contributed by atoms with Crippen molar-refractivity contribution in [3.8, 4) is 0 Å². The van der Waals surface area contributed by atoms with Gasteiger partial charge < -0.3 is 4.74 Å². The Balaban J connectivity index is 1.32. The number of hydrogen-bond donors (Lipinski definition) is 0. The predicted octanol–water partition coefficient (Wildman–Crippen LogP) is 10.3. The third kappa shape index (κ3) is 6.26. The van der Waals surface area contributed by atoms with Gasteiger partial charge in [0.05, 0.1) is 0 Å². The molecule has 0 unspecified atom stereocenters. The molecule has 0 spiro atoms. The van der Waals surface area contributed by atoms with E-state index in [4.69, 9.17) is 4.74 Å². The normalized spacial score (nSPS) is 15.0. The van der Waals surface area contributed by atoms with Crippen molar-refractivity contribution in [2.45, 2.75) is 0 Å². The lowest BCUT2D eigenvalue weighted by Gasteiger charge is -2.18. The van der Waals surface area contributed by atoms with Gasteiger partial charge >= 0.3 is 0 Å². The third-order valence-electron chi connectivity index (χ3n) is 6.55. The molecule has 0 atom stereocenters. The lowest BCUT2D eigenvalue weighted by molar-refractivity contribution is 0.467. The summed E-state index contributed by atoms with van der Waals surface area (Å²) in [5.74, 6) is 1.69. The first-order valence-electron chi connectivity index (χ1n) is 13.3. The van der Waals surface area contributed by atoms with Crippen LogP contribution in [-0.4, -0.2) is 0 Å². The molecular weight excluding hydrogens is 504 g/mol. The van der Waals surface area contributed by atoms with E-state index in [-0.39, 0.29) is 0 Å². The highest BCUT2D eigenvalue weighted by Gasteiger charge is 2.15. The molecule has 2 heterocycles. The van der Waals surface area contributed by atoms with E-state index >= 15 is 0 Å². The maximum Gasteiger partial charge on any atom is 0.135 e. The van der Waals surface area contributed by atoms with Crippen molar-refractivity contribution >= 4 is 33.1 Å². The van der Waals surface area contributed by atoms with Crippen LogP contribution in [0.4, 0.5) is 0 Å². The minimum atomic E-state index is 0.843. The molecule has 0 aromatic heterocycles. The molecule has 0 N–H and O–H groups in total. The average molecular weight is 533 g/mol. The first-order valence-corrected chi connectivity index (χ1v) is 14.2. The van der Waals surface area contributed by atoms with E-state index in [9.17, 15) is 0 Å². The van der Waals surface area contributed by atoms with Crippen LogP contribution < -0.4 is 0 Å². The smallest absolute Gasteiger partial charge is 0.135 e. The molecule has 0 saturated carbocycles. The molecule has 0 aliphatic carbocycles. The van der Waals surface area contributed by atoms with Crippen LogP contribution in [0.1, 0.15) is 22.3 Å². The third-order valence-corrected chi connectivity index (χ3v) is 7.70. The van der Waals surface area contributed by atoms with Gasteiger partial charge in [-0.25, -0.2) is 0 Å². The fraction of sp³-hybridized carbons (Fsp3) is 0. The fourth-order valence-corrected chi connectivity index (χ4v) is 5.68. The first kappa shape index (κ1) is 25.5. The lowest BCUT2D eigenvalue weighted by atomic mass is 10.0. The average Bonchev–Trinajstić information content (AvgIpc) is 3.04. The Labute approximate surface area is 240 Å². The molecule has 0 saturated heterocycles. The Morgan fingerprint density at radius 2 is 0.750 bits per heavy atom. The standard InChI is InChI=1S/C38H28OS/c1-5-17-31(18-6-1)35-25-29(26-36(39-35)32-19-7-2-8-20-32)15-13-14-16-30-27-37(33-21-9-3-10-22-33)40-38(28-30)34-23-11-4-12-24-34/h1-28H/b14-13+. The summed E-state index contributed by atoms with van der Waals surface area (Å²) in [4.78, 5) is 2.49. The summed E-state index contributed by atoms with van der Waals surface area (Å²) >= 11 is 1.82. The molecule has 4 aromatic carbocycles. The maximum absolute atomic E-state index is 6.33. The predicted molar refractivity (Wildman–Crippen MR) is 172 cm³/mol. The van der Waals surface area contributed by atoms with Crippen LogP contribution in [0.2, 0.25) is 0 Å². The molecule has 4 aromatic rings. The number of thioether (sulfide) groups is 1. The number of rotatable bonds is 6. The second-order valence-electron chi connectivity index (χ2n) is 9.42. The molecule has 0 fully saturated rings. The van der Waals surface area contributed by atoms with Crippen molar-refractivity contribution < 1.29 is 4.74 Å². The fourth-order valence-electron chi connectivity index (χ4n) is 4.55. The molecule has 192 valence electrons. The Kier molecular flexibility index (Phi) is 7.89. The van der Waals surface area contributed by atoms with Gasteiger partial charge in [0.15, 0.2) is 0 Å². The van der Waals surface area contributed by atoms with Gasteiger partial charge in [0.2, 0.25) is 0 Å². The zero-order chi connectivity index (χ0) is 27.0. The summed E-state index contributed by atoms with van der Waals surface area (Å²) in [6.07, 6.45) is 17.2. The van der Waals surface area contributed by atoms with Gasteiger partial charge in [-0.05, 0) is 46.6 Å². The molecule has 0 radical (unpaired) electrons. The summed E-state index contributed by atoms with van der Waals surface area (Å²) in [5.41, 5.74) is 6.81. The van der Waals surface area contributed by atoms with Crippen molar-refractivity contribution in [3.05, 3.63) is 203 Å². The quantitative estimate of drug-likeness (QED) is 0.244. The van der Waals surface area contributed by atoms with E-state index in [1.165, 1.54) is 26.5 Å². The molecule has 0 amide bonds. The molecule has 6 rings (SSSR count). The van der Waals surface area contributed by atoms with Crippen LogP contribution in [0.5, 0.6) is 0 Å². The summed E-state index contributed by atoms with van der Waals surface area (Å²) < 4.78 is 6.33. The van der Waals surface area contributed by atoms with Gasteiger partial charge in [-0.2, -0.15) is 0 Å². The van der Waals surface area contributed by atoms with E-state index in [0.717, 1.165) is 28.2 Å². The largest absolute Gasteiger partial charge is 0.456 e. The zero-order valence-corrected chi connectivity index (χ0v) is 22.8. The van der Waals surface area contributed by atoms with Crippen molar-refractivity contribution in [1.82, 2.24) is 0 Å². The highest BCUT2D eigenvalue weighted by Crippen LogP contribution is 2.43. The van der Waals surface area contributed by atoms with E-state index < -0.39 is 0 Å². The van der Waals surface area contributed by atoms with Gasteiger partial charge in [0.1, 0.15) is 11.5 Å². The SMILES string of the molecule is C(/C=C/C=C1C=C(c2ccccc2)SC(c2ccccc2)=C1)=C1C=C(c2ccccc2)OC(c2ccccc2)=C1. The highest BCUT2D eigenvalue weighted by atomic mass is 32.2. The van der Waals surface area contributed by atoms with Gasteiger partial charge in [-0.1, -0.05) is 157 Å². The maximum atomic E-state index is 6.33. The van der Waals surface area contributed by atoms with Crippen LogP contribution in [0.25, 0.3) is 21.3 Å². The Morgan fingerprint density at radius 1 is 0.400 bits per heavy atom. The zero-order valence-electron chi connectivity index (χ0n) is 22.0. The van der Waals surface area contributed by atoms with Crippen LogP contribution in [0.3, 0.4) is 0 Å². The van der Waals surface area contributed by atoms with E-state index in [0.29, 0.717) is 0 Å². The van der Waals surface area contributed by atoms with Crippen molar-refractivity contribution in [3.63, 3.8) is 0 Å². The molecule has 2 heteroatoms. The second kappa shape index (κ2) is 12.4. The molecule has 40 heavy (non-hydrogen) atoms. The van der Waals surface area contributed by atoms with Crippen LogP contribution in [0, 0.1) is 0 Å². The molecular formula is C38H28OS. The minimum absolute atomic E-state index is 0.843. The topological polar surface area (TPSA) is 9.23 Å².